The van der Waals surface area contributed by atoms with Gasteiger partial charge in [-0.2, -0.15) is 0 Å². The number of benzene rings is 2. The van der Waals surface area contributed by atoms with Crippen molar-refractivity contribution in [3.05, 3.63) is 48.5 Å². The number of aliphatic imine (C=N–C) groups is 1. The van der Waals surface area contributed by atoms with Gasteiger partial charge in [-0.15, -0.1) is 11.6 Å². The Morgan fingerprint density at radius 1 is 1.16 bits per heavy atom. The third kappa shape index (κ3) is 3.48. The van der Waals surface area contributed by atoms with Crippen LogP contribution in [-0.4, -0.2) is 18.8 Å². The number of nitrogens with two attached hydrogens (primary N) is 1. The number of ether oxygens (including phenoxy) is 1. The molecule has 0 spiro atoms. The van der Waals surface area contributed by atoms with Crippen LogP contribution in [0.1, 0.15) is 0 Å². The fraction of sp³-hybridized carbons (Fsp3) is 0.133. The zero-order valence-electron chi connectivity index (χ0n) is 10.6. The Bertz CT molecular complexity index is 579. The summed E-state index contributed by atoms with van der Waals surface area (Å²) in [5, 5.41) is 0. The summed E-state index contributed by atoms with van der Waals surface area (Å²) in [6.07, 6.45) is 0. The summed E-state index contributed by atoms with van der Waals surface area (Å²) in [5.74, 6) is 1.48. The summed E-state index contributed by atoms with van der Waals surface area (Å²) in [7, 11) is 1.65. The lowest BCUT2D eigenvalue weighted by Crippen LogP contribution is -2.12. The average Bonchev–Trinajstić information content (AvgIpc) is 2.47. The Morgan fingerprint density at radius 2 is 1.89 bits per heavy atom. The number of methoxy groups -OCH3 is 1. The van der Waals surface area contributed by atoms with E-state index in [1.54, 1.807) is 7.11 Å². The molecule has 0 aliphatic heterocycles. The number of rotatable bonds is 4. The standard InChI is InChI=1S/C15H15ClN2O/c1-19-14-7-5-11(6-8-14)12-3-2-4-13(9-12)18-15(17)10-16/h2-9H,10H2,1H3,(H2,17,18). The molecule has 2 aromatic carbocycles. The maximum Gasteiger partial charge on any atom is 0.118 e. The zero-order valence-corrected chi connectivity index (χ0v) is 11.4. The van der Waals surface area contributed by atoms with Crippen LogP contribution in [0.2, 0.25) is 0 Å². The molecule has 98 valence electrons. The lowest BCUT2D eigenvalue weighted by Gasteiger charge is -2.05. The normalized spacial score (nSPS) is 11.4. The van der Waals surface area contributed by atoms with Gasteiger partial charge in [0.2, 0.25) is 0 Å². The molecule has 2 N–H and O–H groups in total. The van der Waals surface area contributed by atoms with Gasteiger partial charge in [-0.25, -0.2) is 4.99 Å². The van der Waals surface area contributed by atoms with E-state index in [-0.39, 0.29) is 5.88 Å². The smallest absolute Gasteiger partial charge is 0.118 e. The van der Waals surface area contributed by atoms with Crippen molar-refractivity contribution in [2.75, 3.05) is 13.0 Å². The Balaban J connectivity index is 2.32. The lowest BCUT2D eigenvalue weighted by atomic mass is 10.1. The van der Waals surface area contributed by atoms with Crippen molar-refractivity contribution in [3.8, 4) is 16.9 Å². The number of nitrogens with zero attached hydrogens (tertiary/aromatic N) is 1. The van der Waals surface area contributed by atoms with E-state index in [2.05, 4.69) is 4.99 Å². The molecule has 0 aliphatic rings. The first-order chi connectivity index (χ1) is 9.22. The second-order valence-electron chi connectivity index (χ2n) is 4.02. The average molecular weight is 275 g/mol. The number of hydrogen-bond acceptors (Lipinski definition) is 2. The number of amidine groups is 1. The Morgan fingerprint density at radius 3 is 2.53 bits per heavy atom. The molecule has 0 aromatic heterocycles. The fourth-order valence-electron chi connectivity index (χ4n) is 1.73. The van der Waals surface area contributed by atoms with Crippen LogP contribution in [0.15, 0.2) is 53.5 Å². The van der Waals surface area contributed by atoms with Gasteiger partial charge in [0.05, 0.1) is 18.7 Å². The number of alkyl halides is 1. The van der Waals surface area contributed by atoms with E-state index in [0.29, 0.717) is 5.84 Å². The predicted molar refractivity (Wildman–Crippen MR) is 80.4 cm³/mol. The van der Waals surface area contributed by atoms with Crippen molar-refractivity contribution >= 4 is 23.1 Å². The third-order valence-electron chi connectivity index (χ3n) is 2.68. The highest BCUT2D eigenvalue weighted by Gasteiger charge is 2.00. The van der Waals surface area contributed by atoms with Crippen molar-refractivity contribution in [1.82, 2.24) is 0 Å². The van der Waals surface area contributed by atoms with E-state index < -0.39 is 0 Å². The predicted octanol–water partition coefficient (Wildman–Crippen LogP) is 3.59. The van der Waals surface area contributed by atoms with Crippen LogP contribution in [0.4, 0.5) is 5.69 Å². The first-order valence-electron chi connectivity index (χ1n) is 5.86. The highest BCUT2D eigenvalue weighted by Crippen LogP contribution is 2.25. The summed E-state index contributed by atoms with van der Waals surface area (Å²) < 4.78 is 5.14. The lowest BCUT2D eigenvalue weighted by molar-refractivity contribution is 0.415. The third-order valence-corrected chi connectivity index (χ3v) is 2.95. The molecule has 0 aliphatic carbocycles. The molecule has 4 heteroatoms. The molecule has 0 saturated carbocycles. The first-order valence-corrected chi connectivity index (χ1v) is 6.40. The molecule has 0 amide bonds. The van der Waals surface area contributed by atoms with Crippen LogP contribution in [0.25, 0.3) is 11.1 Å². The van der Waals surface area contributed by atoms with E-state index in [1.165, 1.54) is 0 Å². The quantitative estimate of drug-likeness (QED) is 0.526. The number of halogens is 1. The molecule has 0 unspecified atom stereocenters. The van der Waals surface area contributed by atoms with Crippen LogP contribution in [0.5, 0.6) is 5.75 Å². The summed E-state index contributed by atoms with van der Waals surface area (Å²) in [4.78, 5) is 4.24. The van der Waals surface area contributed by atoms with Crippen molar-refractivity contribution < 1.29 is 4.74 Å². The van der Waals surface area contributed by atoms with Gasteiger partial charge in [0.25, 0.3) is 0 Å². The Kier molecular flexibility index (Phi) is 4.42. The molecule has 0 fully saturated rings. The van der Waals surface area contributed by atoms with E-state index in [0.717, 1.165) is 22.6 Å². The van der Waals surface area contributed by atoms with Gasteiger partial charge in [0.1, 0.15) is 11.6 Å². The van der Waals surface area contributed by atoms with Crippen LogP contribution >= 0.6 is 11.6 Å². The molecule has 19 heavy (non-hydrogen) atoms. The molecule has 0 heterocycles. The summed E-state index contributed by atoms with van der Waals surface area (Å²) in [6, 6.07) is 15.7. The molecule has 2 aromatic rings. The van der Waals surface area contributed by atoms with Gasteiger partial charge in [0, 0.05) is 0 Å². The molecule has 0 atom stereocenters. The molecular weight excluding hydrogens is 260 g/mol. The van der Waals surface area contributed by atoms with E-state index in [1.807, 2.05) is 48.5 Å². The fourth-order valence-corrected chi connectivity index (χ4v) is 1.79. The topological polar surface area (TPSA) is 47.6 Å². The summed E-state index contributed by atoms with van der Waals surface area (Å²) >= 11 is 5.62. The SMILES string of the molecule is COc1ccc(-c2cccc(N=C(N)CCl)c2)cc1. The molecule has 2 rings (SSSR count). The maximum atomic E-state index is 5.63. The van der Waals surface area contributed by atoms with E-state index in [9.17, 15) is 0 Å². The van der Waals surface area contributed by atoms with Crippen LogP contribution in [-0.2, 0) is 0 Å². The van der Waals surface area contributed by atoms with Gasteiger partial charge in [-0.1, -0.05) is 24.3 Å². The second kappa shape index (κ2) is 6.25. The van der Waals surface area contributed by atoms with E-state index >= 15 is 0 Å². The van der Waals surface area contributed by atoms with Gasteiger partial charge >= 0.3 is 0 Å². The molecule has 3 nitrogen and oxygen atoms in total. The second-order valence-corrected chi connectivity index (χ2v) is 4.28. The molecular formula is C15H15ClN2O. The summed E-state index contributed by atoms with van der Waals surface area (Å²) in [6.45, 7) is 0. The van der Waals surface area contributed by atoms with Gasteiger partial charge in [0.15, 0.2) is 0 Å². The van der Waals surface area contributed by atoms with Crippen molar-refractivity contribution in [3.63, 3.8) is 0 Å². The van der Waals surface area contributed by atoms with Gasteiger partial charge in [-0.05, 0) is 35.4 Å². The van der Waals surface area contributed by atoms with Gasteiger partial charge < -0.3 is 10.5 Å². The van der Waals surface area contributed by atoms with Crippen molar-refractivity contribution in [2.45, 2.75) is 0 Å². The highest BCUT2D eigenvalue weighted by molar-refractivity contribution is 6.28. The highest BCUT2D eigenvalue weighted by atomic mass is 35.5. The summed E-state index contributed by atoms with van der Waals surface area (Å²) in [5.41, 5.74) is 8.61. The Labute approximate surface area is 117 Å². The van der Waals surface area contributed by atoms with Crippen LogP contribution < -0.4 is 10.5 Å². The van der Waals surface area contributed by atoms with Crippen molar-refractivity contribution in [2.24, 2.45) is 10.7 Å². The van der Waals surface area contributed by atoms with Crippen LogP contribution in [0.3, 0.4) is 0 Å². The van der Waals surface area contributed by atoms with Crippen molar-refractivity contribution in [1.29, 1.82) is 0 Å². The van der Waals surface area contributed by atoms with Gasteiger partial charge in [-0.3, -0.25) is 0 Å². The zero-order chi connectivity index (χ0) is 13.7. The first kappa shape index (κ1) is 13.4. The molecule has 0 saturated heterocycles. The minimum Gasteiger partial charge on any atom is -0.497 e. The Hall–Kier alpha value is -2.00. The molecule has 0 radical (unpaired) electrons. The van der Waals surface area contributed by atoms with E-state index in [4.69, 9.17) is 22.1 Å². The number of hydrogen-bond donors (Lipinski definition) is 1. The minimum absolute atomic E-state index is 0.229. The van der Waals surface area contributed by atoms with Crippen LogP contribution in [0, 0.1) is 0 Å². The largest absolute Gasteiger partial charge is 0.497 e. The monoisotopic (exact) mass is 274 g/mol. The maximum absolute atomic E-state index is 5.63. The molecule has 0 bridgehead atoms. The minimum atomic E-state index is 0.229.